The zero-order chi connectivity index (χ0) is 46.1. The Morgan fingerprint density at radius 2 is 0.694 bits per heavy atom. The third-order valence-electron chi connectivity index (χ3n) is 11.4. The highest BCUT2D eigenvalue weighted by Gasteiger charge is 2.27. The van der Waals surface area contributed by atoms with Crippen molar-refractivity contribution in [3.8, 4) is 0 Å². The van der Waals surface area contributed by atoms with Crippen LogP contribution in [-0.4, -0.2) is 81.5 Å². The molecule has 0 aromatic rings. The van der Waals surface area contributed by atoms with Crippen LogP contribution in [0.2, 0.25) is 0 Å². The number of aliphatic carboxylic acids is 3. The molecule has 14 heteroatoms. The summed E-state index contributed by atoms with van der Waals surface area (Å²) in [6, 6.07) is -3.53. The van der Waals surface area contributed by atoms with E-state index in [0.29, 0.717) is 19.3 Å². The molecule has 0 saturated carbocycles. The molecule has 0 fully saturated rings. The van der Waals surface area contributed by atoms with Crippen LogP contribution in [0.4, 0.5) is 0 Å². The Kier molecular flexibility index (Phi) is 38.8. The first-order valence-corrected chi connectivity index (χ1v) is 24.7. The molecule has 0 aromatic heterocycles. The second kappa shape index (κ2) is 41.3. The van der Waals surface area contributed by atoms with Gasteiger partial charge in [0, 0.05) is 32.2 Å². The van der Waals surface area contributed by atoms with Gasteiger partial charge in [-0.25, -0.2) is 4.79 Å². The predicted molar refractivity (Wildman–Crippen MR) is 245 cm³/mol. The summed E-state index contributed by atoms with van der Waals surface area (Å²) in [5, 5.41) is 38.6. The van der Waals surface area contributed by atoms with Gasteiger partial charge in [-0.15, -0.1) is 0 Å². The topological polar surface area (TPSA) is 228 Å². The Morgan fingerprint density at radius 1 is 0.355 bits per heavy atom. The first kappa shape index (κ1) is 58.3. The Labute approximate surface area is 374 Å². The third-order valence-corrected chi connectivity index (χ3v) is 11.4. The molecule has 62 heavy (non-hydrogen) atoms. The van der Waals surface area contributed by atoms with Crippen molar-refractivity contribution in [1.82, 2.24) is 21.3 Å². The van der Waals surface area contributed by atoms with Crippen molar-refractivity contribution in [3.05, 3.63) is 0 Å². The average Bonchev–Trinajstić information content (AvgIpc) is 3.23. The van der Waals surface area contributed by atoms with Gasteiger partial charge in [-0.1, -0.05) is 168 Å². The Hall–Kier alpha value is -3.71. The van der Waals surface area contributed by atoms with E-state index in [2.05, 4.69) is 35.1 Å². The van der Waals surface area contributed by atoms with E-state index in [9.17, 15) is 48.9 Å². The van der Waals surface area contributed by atoms with Crippen LogP contribution in [0.3, 0.4) is 0 Å². The Balaban J connectivity index is 4.62. The highest BCUT2D eigenvalue weighted by Crippen LogP contribution is 2.15. The quantitative estimate of drug-likeness (QED) is 0.0287. The van der Waals surface area contributed by atoms with Crippen molar-refractivity contribution >= 4 is 41.5 Å². The van der Waals surface area contributed by atoms with Gasteiger partial charge in [0.1, 0.15) is 18.1 Å². The van der Waals surface area contributed by atoms with E-state index in [1.54, 1.807) is 0 Å². The van der Waals surface area contributed by atoms with Crippen molar-refractivity contribution in [1.29, 1.82) is 0 Å². The predicted octanol–water partition coefficient (Wildman–Crippen LogP) is 9.50. The number of hydrogen-bond acceptors (Lipinski definition) is 7. The lowest BCUT2D eigenvalue weighted by Gasteiger charge is -2.21. The number of carboxylic acid groups (broad SMARTS) is 3. The van der Waals surface area contributed by atoms with Crippen LogP contribution in [-0.2, 0) is 33.6 Å². The second-order valence-corrected chi connectivity index (χ2v) is 17.3. The number of nitrogens with one attached hydrogen (secondary N) is 4. The normalized spacial score (nSPS) is 12.5. The third kappa shape index (κ3) is 36.9. The summed E-state index contributed by atoms with van der Waals surface area (Å²) < 4.78 is 0. The van der Waals surface area contributed by atoms with Gasteiger partial charge in [0.15, 0.2) is 0 Å². The fraction of sp³-hybridized carbons (Fsp3) is 0.854. The summed E-state index contributed by atoms with van der Waals surface area (Å²) in [5.41, 5.74) is 0. The summed E-state index contributed by atoms with van der Waals surface area (Å²) in [6.07, 6.45) is 30.5. The molecule has 0 aliphatic heterocycles. The van der Waals surface area contributed by atoms with Gasteiger partial charge in [-0.2, -0.15) is 0 Å². The molecule has 360 valence electrons. The van der Waals surface area contributed by atoms with Crippen molar-refractivity contribution in [2.75, 3.05) is 6.54 Å². The standard InChI is InChI=1S/C48H88N4O10/c1-3-5-7-9-11-13-15-17-19-21-23-25-27-32-42(53)50-39(34-36-44(55)56)46(59)49-38-30-29-31-41(48(61)62)52-47(60)40(35-37-45(57)58)51-43(54)33-28-26-24-22-20-18-16-14-12-10-8-6-4-2/h39-41H,3-38H2,1-2H3,(H,49,59)(H,50,53)(H,51,54)(H,52,60)(H,55,56)(H,57,58)(H,61,62)/t39-,40-,41-/m0/s1. The van der Waals surface area contributed by atoms with Crippen LogP contribution in [0.15, 0.2) is 0 Å². The molecule has 4 amide bonds. The minimum absolute atomic E-state index is 0.00774. The molecule has 0 saturated heterocycles. The molecule has 0 rings (SSSR count). The number of hydrogen-bond donors (Lipinski definition) is 7. The zero-order valence-electron chi connectivity index (χ0n) is 38.9. The molecule has 0 unspecified atom stereocenters. The van der Waals surface area contributed by atoms with Gasteiger partial charge >= 0.3 is 17.9 Å². The molecule has 0 aliphatic rings. The molecule has 0 aliphatic carbocycles. The Morgan fingerprint density at radius 3 is 1.03 bits per heavy atom. The van der Waals surface area contributed by atoms with Crippen molar-refractivity contribution in [2.45, 2.75) is 257 Å². The highest BCUT2D eigenvalue weighted by atomic mass is 16.4. The maximum Gasteiger partial charge on any atom is 0.326 e. The van der Waals surface area contributed by atoms with Crippen LogP contribution < -0.4 is 21.3 Å². The molecule has 14 nitrogen and oxygen atoms in total. The van der Waals surface area contributed by atoms with E-state index in [-0.39, 0.29) is 63.8 Å². The van der Waals surface area contributed by atoms with Crippen LogP contribution in [0.1, 0.15) is 239 Å². The van der Waals surface area contributed by atoms with Crippen LogP contribution in [0, 0.1) is 0 Å². The van der Waals surface area contributed by atoms with Crippen LogP contribution in [0.5, 0.6) is 0 Å². The minimum atomic E-state index is -1.31. The lowest BCUT2D eigenvalue weighted by atomic mass is 10.0. The van der Waals surface area contributed by atoms with Crippen molar-refractivity contribution < 1.29 is 48.9 Å². The zero-order valence-corrected chi connectivity index (χ0v) is 38.9. The number of amides is 4. The van der Waals surface area contributed by atoms with Gasteiger partial charge < -0.3 is 36.6 Å². The monoisotopic (exact) mass is 881 g/mol. The van der Waals surface area contributed by atoms with E-state index in [4.69, 9.17) is 0 Å². The van der Waals surface area contributed by atoms with E-state index in [1.165, 1.54) is 116 Å². The molecule has 3 atom stereocenters. The first-order chi connectivity index (χ1) is 29.9. The highest BCUT2D eigenvalue weighted by molar-refractivity contribution is 5.91. The lowest BCUT2D eigenvalue weighted by Crippen LogP contribution is -2.51. The second-order valence-electron chi connectivity index (χ2n) is 17.3. The number of rotatable bonds is 45. The fourth-order valence-corrected chi connectivity index (χ4v) is 7.55. The van der Waals surface area contributed by atoms with E-state index in [0.717, 1.165) is 38.5 Å². The van der Waals surface area contributed by atoms with Gasteiger partial charge in [0.25, 0.3) is 0 Å². The number of carboxylic acids is 3. The maximum atomic E-state index is 13.1. The SMILES string of the molecule is CCCCCCCCCCCCCCCC(=O)N[C@@H](CCC(=O)O)C(=O)NCCCC[C@H](NC(=O)[C@H](CCC(=O)O)NC(=O)CCCCCCCCCCCCCCC)C(=O)O. The van der Waals surface area contributed by atoms with Crippen LogP contribution in [0.25, 0.3) is 0 Å². The summed E-state index contributed by atoms with van der Waals surface area (Å²) in [7, 11) is 0. The number of carbonyl (C=O) groups is 7. The first-order valence-electron chi connectivity index (χ1n) is 24.7. The number of unbranched alkanes of at least 4 members (excludes halogenated alkanes) is 25. The van der Waals surface area contributed by atoms with Gasteiger partial charge in [-0.3, -0.25) is 28.8 Å². The van der Waals surface area contributed by atoms with E-state index in [1.807, 2.05) is 0 Å². The van der Waals surface area contributed by atoms with Crippen molar-refractivity contribution in [2.24, 2.45) is 0 Å². The molecule has 0 aromatic carbocycles. The maximum absolute atomic E-state index is 13.1. The van der Waals surface area contributed by atoms with E-state index < -0.39 is 53.8 Å². The molecule has 0 bridgehead atoms. The summed E-state index contributed by atoms with van der Waals surface area (Å²) in [6.45, 7) is 4.58. The lowest BCUT2D eigenvalue weighted by molar-refractivity contribution is -0.143. The fourth-order valence-electron chi connectivity index (χ4n) is 7.55. The van der Waals surface area contributed by atoms with Crippen LogP contribution >= 0.6 is 0 Å². The average molecular weight is 881 g/mol. The molecule has 0 spiro atoms. The summed E-state index contributed by atoms with van der Waals surface area (Å²) >= 11 is 0. The molecule has 7 N–H and O–H groups in total. The van der Waals surface area contributed by atoms with Gasteiger partial charge in [0.05, 0.1) is 0 Å². The Bertz CT molecular complexity index is 1220. The molecule has 0 heterocycles. The molecular formula is C48H88N4O10. The smallest absolute Gasteiger partial charge is 0.326 e. The van der Waals surface area contributed by atoms with Gasteiger partial charge in [-0.05, 0) is 44.9 Å². The summed E-state index contributed by atoms with van der Waals surface area (Å²) in [5.74, 6) is -5.53. The molecule has 0 radical (unpaired) electrons. The van der Waals surface area contributed by atoms with Crippen molar-refractivity contribution in [3.63, 3.8) is 0 Å². The van der Waals surface area contributed by atoms with Gasteiger partial charge in [0.2, 0.25) is 23.6 Å². The number of carbonyl (C=O) groups excluding carboxylic acids is 4. The largest absolute Gasteiger partial charge is 0.481 e. The molecular weight excluding hydrogens is 793 g/mol. The summed E-state index contributed by atoms with van der Waals surface area (Å²) in [4.78, 5) is 86.0. The minimum Gasteiger partial charge on any atom is -0.481 e. The van der Waals surface area contributed by atoms with E-state index >= 15 is 0 Å².